The van der Waals surface area contributed by atoms with E-state index in [1.165, 1.54) is 141 Å². The Labute approximate surface area is 236 Å². The fraction of sp³-hybridized carbons (Fsp3) is 0.684. The molecule has 0 bridgehead atoms. The Morgan fingerprint density at radius 3 is 1.29 bits per heavy atom. The quantitative estimate of drug-likeness (QED) is 0.207. The van der Waals surface area contributed by atoms with Gasteiger partial charge in [0.2, 0.25) is 0 Å². The first-order chi connectivity index (χ1) is 18.8. The van der Waals surface area contributed by atoms with Crippen LogP contribution in [-0.4, -0.2) is 0 Å². The van der Waals surface area contributed by atoms with Gasteiger partial charge in [-0.05, 0) is 122 Å². The largest absolute Gasteiger partial charge is 0.0654 e. The highest BCUT2D eigenvalue weighted by molar-refractivity contribution is 5.36. The molecule has 0 spiro atoms. The minimum Gasteiger partial charge on any atom is -0.0654 e. The first-order valence-electron chi connectivity index (χ1n) is 17.0. The molecule has 4 rings (SSSR count). The van der Waals surface area contributed by atoms with Crippen LogP contribution in [0.4, 0.5) is 0 Å². The monoisotopic (exact) mass is 514 g/mol. The number of benzene rings is 2. The van der Waals surface area contributed by atoms with Crippen molar-refractivity contribution >= 4 is 0 Å². The summed E-state index contributed by atoms with van der Waals surface area (Å²) in [5.74, 6) is 1.66. The second kappa shape index (κ2) is 16.5. The molecular formula is C38H58. The van der Waals surface area contributed by atoms with Crippen LogP contribution in [0.1, 0.15) is 175 Å². The molecule has 0 aliphatic heterocycles. The summed E-state index contributed by atoms with van der Waals surface area (Å²) in [7, 11) is 0. The molecule has 2 saturated carbocycles. The van der Waals surface area contributed by atoms with Gasteiger partial charge in [-0.2, -0.15) is 0 Å². The Bertz CT molecular complexity index is 848. The SMILES string of the molecule is CCCCc1ccc(CCCCCCc2ccc(CCCC)cc2C2CCCCC2)c(C2CCCCC2)c1. The average molecular weight is 515 g/mol. The summed E-state index contributed by atoms with van der Waals surface area (Å²) in [5, 5.41) is 0. The summed E-state index contributed by atoms with van der Waals surface area (Å²) in [5.41, 5.74) is 10.0. The van der Waals surface area contributed by atoms with Crippen molar-refractivity contribution in [2.45, 2.75) is 167 Å². The molecule has 0 saturated heterocycles. The molecule has 38 heavy (non-hydrogen) atoms. The molecule has 0 heterocycles. The number of aryl methyl sites for hydroxylation is 4. The molecule has 0 N–H and O–H groups in total. The average Bonchev–Trinajstić information content (AvgIpc) is 2.98. The van der Waals surface area contributed by atoms with Gasteiger partial charge < -0.3 is 0 Å². The van der Waals surface area contributed by atoms with Gasteiger partial charge in [-0.15, -0.1) is 0 Å². The topological polar surface area (TPSA) is 0 Å². The van der Waals surface area contributed by atoms with E-state index in [0.29, 0.717) is 0 Å². The smallest absolute Gasteiger partial charge is 0.0159 e. The molecule has 0 nitrogen and oxygen atoms in total. The minimum absolute atomic E-state index is 0.832. The predicted octanol–water partition coefficient (Wildman–Crippen LogP) is 11.8. The lowest BCUT2D eigenvalue weighted by molar-refractivity contribution is 0.440. The summed E-state index contributed by atoms with van der Waals surface area (Å²) >= 11 is 0. The Kier molecular flexibility index (Phi) is 12.8. The molecule has 2 aromatic carbocycles. The molecule has 2 aliphatic rings. The molecule has 0 amide bonds. The number of unbranched alkanes of at least 4 members (excludes halogenated alkanes) is 5. The van der Waals surface area contributed by atoms with E-state index >= 15 is 0 Å². The van der Waals surface area contributed by atoms with Gasteiger partial charge in [-0.25, -0.2) is 0 Å². The molecule has 0 unspecified atom stereocenters. The summed E-state index contributed by atoms with van der Waals surface area (Å²) < 4.78 is 0. The molecule has 2 aliphatic carbocycles. The fourth-order valence-electron chi connectivity index (χ4n) is 7.39. The lowest BCUT2D eigenvalue weighted by Crippen LogP contribution is -2.09. The van der Waals surface area contributed by atoms with E-state index in [4.69, 9.17) is 0 Å². The van der Waals surface area contributed by atoms with Gasteiger partial charge in [0.1, 0.15) is 0 Å². The second-order valence-corrected chi connectivity index (χ2v) is 12.9. The van der Waals surface area contributed by atoms with Gasteiger partial charge in [0, 0.05) is 0 Å². The maximum absolute atomic E-state index is 2.62. The van der Waals surface area contributed by atoms with Gasteiger partial charge in [-0.3, -0.25) is 0 Å². The van der Waals surface area contributed by atoms with Crippen LogP contribution in [0.5, 0.6) is 0 Å². The van der Waals surface area contributed by atoms with Gasteiger partial charge >= 0.3 is 0 Å². The molecule has 0 heteroatoms. The zero-order valence-corrected chi connectivity index (χ0v) is 25.2. The predicted molar refractivity (Wildman–Crippen MR) is 168 cm³/mol. The van der Waals surface area contributed by atoms with Gasteiger partial charge in [0.25, 0.3) is 0 Å². The van der Waals surface area contributed by atoms with Crippen molar-refractivity contribution in [3.63, 3.8) is 0 Å². The van der Waals surface area contributed by atoms with E-state index in [-0.39, 0.29) is 0 Å². The van der Waals surface area contributed by atoms with Crippen molar-refractivity contribution < 1.29 is 0 Å². The van der Waals surface area contributed by atoms with Crippen LogP contribution >= 0.6 is 0 Å². The van der Waals surface area contributed by atoms with Crippen molar-refractivity contribution in [3.05, 3.63) is 69.8 Å². The minimum atomic E-state index is 0.832. The van der Waals surface area contributed by atoms with Gasteiger partial charge in [0.15, 0.2) is 0 Å². The molecule has 2 aromatic rings. The van der Waals surface area contributed by atoms with Crippen LogP contribution in [0.25, 0.3) is 0 Å². The number of hydrogen-bond donors (Lipinski definition) is 0. The standard InChI is InChI=1S/C38H58/c1-3-5-17-31-25-27-35(37(29-31)33-19-13-9-14-20-33)23-11-7-8-12-24-36-28-26-32(18-6-4-2)30-38(36)34-21-15-10-16-22-34/h25-30,33-34H,3-24H2,1-2H3. The molecule has 0 aromatic heterocycles. The molecule has 2 fully saturated rings. The Morgan fingerprint density at radius 2 is 0.895 bits per heavy atom. The molecular weight excluding hydrogens is 456 g/mol. The lowest BCUT2D eigenvalue weighted by Gasteiger charge is -2.25. The van der Waals surface area contributed by atoms with Crippen LogP contribution < -0.4 is 0 Å². The molecule has 0 atom stereocenters. The maximum atomic E-state index is 2.62. The highest BCUT2D eigenvalue weighted by atomic mass is 14.3. The van der Waals surface area contributed by atoms with E-state index in [2.05, 4.69) is 50.2 Å². The lowest BCUT2D eigenvalue weighted by atomic mass is 9.80. The van der Waals surface area contributed by atoms with Crippen LogP contribution in [0.3, 0.4) is 0 Å². The van der Waals surface area contributed by atoms with E-state index in [9.17, 15) is 0 Å². The van der Waals surface area contributed by atoms with E-state index in [1.54, 1.807) is 33.4 Å². The third-order valence-electron chi connectivity index (χ3n) is 9.79. The summed E-state index contributed by atoms with van der Waals surface area (Å²) in [6, 6.07) is 15.2. The first kappa shape index (κ1) is 29.4. The van der Waals surface area contributed by atoms with E-state index < -0.39 is 0 Å². The zero-order chi connectivity index (χ0) is 26.4. The first-order valence-corrected chi connectivity index (χ1v) is 17.0. The highest BCUT2D eigenvalue weighted by Crippen LogP contribution is 2.37. The van der Waals surface area contributed by atoms with Crippen LogP contribution in [0, 0.1) is 0 Å². The number of rotatable bonds is 15. The van der Waals surface area contributed by atoms with Gasteiger partial charge in [-0.1, -0.05) is 114 Å². The summed E-state index contributed by atoms with van der Waals surface area (Å²) in [6.07, 6.45) is 30.2. The number of hydrogen-bond acceptors (Lipinski definition) is 0. The van der Waals surface area contributed by atoms with Crippen LogP contribution in [0.15, 0.2) is 36.4 Å². The highest BCUT2D eigenvalue weighted by Gasteiger charge is 2.20. The van der Waals surface area contributed by atoms with Crippen LogP contribution in [0.2, 0.25) is 0 Å². The van der Waals surface area contributed by atoms with Crippen molar-refractivity contribution in [1.29, 1.82) is 0 Å². The third kappa shape index (κ3) is 8.99. The molecule has 0 radical (unpaired) electrons. The van der Waals surface area contributed by atoms with Gasteiger partial charge in [0.05, 0.1) is 0 Å². The Hall–Kier alpha value is -1.56. The van der Waals surface area contributed by atoms with E-state index in [0.717, 1.165) is 11.8 Å². The Balaban J connectivity index is 1.29. The normalized spacial score (nSPS) is 17.2. The van der Waals surface area contributed by atoms with Crippen molar-refractivity contribution in [2.75, 3.05) is 0 Å². The maximum Gasteiger partial charge on any atom is -0.0159 e. The Morgan fingerprint density at radius 1 is 0.474 bits per heavy atom. The zero-order valence-electron chi connectivity index (χ0n) is 25.2. The van der Waals surface area contributed by atoms with Crippen molar-refractivity contribution in [1.82, 2.24) is 0 Å². The van der Waals surface area contributed by atoms with Crippen molar-refractivity contribution in [3.8, 4) is 0 Å². The molecule has 210 valence electrons. The van der Waals surface area contributed by atoms with Crippen LogP contribution in [-0.2, 0) is 25.7 Å². The fourth-order valence-corrected chi connectivity index (χ4v) is 7.39. The second-order valence-electron chi connectivity index (χ2n) is 12.9. The third-order valence-corrected chi connectivity index (χ3v) is 9.79. The summed E-state index contributed by atoms with van der Waals surface area (Å²) in [6.45, 7) is 4.63. The van der Waals surface area contributed by atoms with E-state index in [1.807, 2.05) is 0 Å². The van der Waals surface area contributed by atoms with Crippen molar-refractivity contribution in [2.24, 2.45) is 0 Å². The summed E-state index contributed by atoms with van der Waals surface area (Å²) in [4.78, 5) is 0.